The van der Waals surface area contributed by atoms with Gasteiger partial charge in [0.1, 0.15) is 0 Å². The third-order valence-corrected chi connectivity index (χ3v) is 4.87. The number of nitrogens with one attached hydrogen (secondary N) is 3. The van der Waals surface area contributed by atoms with Crippen LogP contribution in [0.2, 0.25) is 0 Å². The second-order valence-electron chi connectivity index (χ2n) is 8.49. The summed E-state index contributed by atoms with van der Waals surface area (Å²) >= 11 is 0. The average molecular weight is 416 g/mol. The molecule has 3 rings (SSSR count). The molecule has 29 heavy (non-hydrogen) atoms. The maximum Gasteiger partial charge on any atom is 0.251 e. The van der Waals surface area contributed by atoms with Gasteiger partial charge < -0.3 is 16.0 Å². The van der Waals surface area contributed by atoms with Gasteiger partial charge in [-0.05, 0) is 53.8 Å². The molecule has 1 aliphatic rings. The predicted molar refractivity (Wildman–Crippen MR) is 119 cm³/mol. The Balaban J connectivity index is 0.00000300. The van der Waals surface area contributed by atoms with Gasteiger partial charge in [0.05, 0.1) is 0 Å². The van der Waals surface area contributed by atoms with Gasteiger partial charge in [0, 0.05) is 30.3 Å². The minimum Gasteiger partial charge on any atom is -0.352 e. The lowest BCUT2D eigenvalue weighted by Crippen LogP contribution is -2.38. The highest BCUT2D eigenvalue weighted by Crippen LogP contribution is 2.22. The van der Waals surface area contributed by atoms with Crippen LogP contribution in [0.1, 0.15) is 58.7 Å². The Labute approximate surface area is 179 Å². The first-order valence-electron chi connectivity index (χ1n) is 9.81. The molecule has 2 aromatic rings. The van der Waals surface area contributed by atoms with Crippen molar-refractivity contribution in [3.05, 3.63) is 70.8 Å². The molecule has 1 heterocycles. The summed E-state index contributed by atoms with van der Waals surface area (Å²) in [4.78, 5) is 24.7. The molecular formula is C23H30ClN3O2. The number of carbonyl (C=O) groups excluding carboxylic acids is 2. The standard InChI is InChI=1S/C23H29N3O2.ClH/c1-23(2,3)15-26-22(28)18-10-8-17(9-11-18)21(27)25-14-20-19-7-5-4-6-16(19)12-13-24-20;/h4-11,20,24H,12-15H2,1-3H3,(H,25,27)(H,26,28);1H. The number of amides is 2. The van der Waals surface area contributed by atoms with Gasteiger partial charge in [-0.25, -0.2) is 0 Å². The molecule has 0 radical (unpaired) electrons. The maximum absolute atomic E-state index is 12.5. The lowest BCUT2D eigenvalue weighted by molar-refractivity contribution is 0.0931. The van der Waals surface area contributed by atoms with E-state index in [-0.39, 0.29) is 35.7 Å². The molecular weight excluding hydrogens is 386 g/mol. The van der Waals surface area contributed by atoms with Gasteiger partial charge in [-0.15, -0.1) is 12.4 Å². The van der Waals surface area contributed by atoms with Crippen LogP contribution in [-0.2, 0) is 6.42 Å². The van der Waals surface area contributed by atoms with Crippen LogP contribution in [0.15, 0.2) is 48.5 Å². The Kier molecular flexibility index (Phi) is 7.82. The molecule has 0 aliphatic carbocycles. The van der Waals surface area contributed by atoms with E-state index >= 15 is 0 Å². The lowest BCUT2D eigenvalue weighted by atomic mass is 9.94. The predicted octanol–water partition coefficient (Wildman–Crippen LogP) is 3.50. The van der Waals surface area contributed by atoms with Crippen molar-refractivity contribution in [3.63, 3.8) is 0 Å². The Morgan fingerprint density at radius 2 is 1.55 bits per heavy atom. The summed E-state index contributed by atoms with van der Waals surface area (Å²) in [7, 11) is 0. The van der Waals surface area contributed by atoms with Crippen LogP contribution < -0.4 is 16.0 Å². The summed E-state index contributed by atoms with van der Waals surface area (Å²) in [5.74, 6) is -0.253. The molecule has 3 N–H and O–H groups in total. The lowest BCUT2D eigenvalue weighted by Gasteiger charge is -2.27. The van der Waals surface area contributed by atoms with Crippen molar-refractivity contribution in [1.82, 2.24) is 16.0 Å². The van der Waals surface area contributed by atoms with Crippen LogP contribution in [0.5, 0.6) is 0 Å². The number of rotatable bonds is 5. The van der Waals surface area contributed by atoms with Gasteiger partial charge in [-0.3, -0.25) is 9.59 Å². The normalized spacial score (nSPS) is 15.6. The third-order valence-electron chi connectivity index (χ3n) is 4.87. The molecule has 1 atom stereocenters. The van der Waals surface area contributed by atoms with E-state index in [0.29, 0.717) is 24.2 Å². The fourth-order valence-electron chi connectivity index (χ4n) is 3.29. The molecule has 6 heteroatoms. The molecule has 5 nitrogen and oxygen atoms in total. The van der Waals surface area contributed by atoms with E-state index in [9.17, 15) is 9.59 Å². The van der Waals surface area contributed by atoms with Crippen LogP contribution in [0.4, 0.5) is 0 Å². The van der Waals surface area contributed by atoms with E-state index in [2.05, 4.69) is 54.9 Å². The molecule has 0 fully saturated rings. The molecule has 0 spiro atoms. The van der Waals surface area contributed by atoms with Crippen LogP contribution in [0.3, 0.4) is 0 Å². The summed E-state index contributed by atoms with van der Waals surface area (Å²) < 4.78 is 0. The van der Waals surface area contributed by atoms with Crippen molar-refractivity contribution in [1.29, 1.82) is 0 Å². The van der Waals surface area contributed by atoms with Gasteiger partial charge in [0.2, 0.25) is 0 Å². The van der Waals surface area contributed by atoms with E-state index in [0.717, 1.165) is 13.0 Å². The molecule has 0 saturated heterocycles. The molecule has 1 unspecified atom stereocenters. The Morgan fingerprint density at radius 1 is 0.966 bits per heavy atom. The fraction of sp³-hybridized carbons (Fsp3) is 0.391. The summed E-state index contributed by atoms with van der Waals surface area (Å²) in [6, 6.07) is 15.3. The van der Waals surface area contributed by atoms with Crippen molar-refractivity contribution in [2.45, 2.75) is 33.2 Å². The number of carbonyl (C=O) groups is 2. The minimum absolute atomic E-state index is 0. The smallest absolute Gasteiger partial charge is 0.251 e. The van der Waals surface area contributed by atoms with Crippen LogP contribution in [0, 0.1) is 5.41 Å². The quantitative estimate of drug-likeness (QED) is 0.699. The van der Waals surface area contributed by atoms with Crippen molar-refractivity contribution in [3.8, 4) is 0 Å². The van der Waals surface area contributed by atoms with Gasteiger partial charge in [0.15, 0.2) is 0 Å². The molecule has 0 bridgehead atoms. The Bertz CT molecular complexity index is 844. The summed E-state index contributed by atoms with van der Waals surface area (Å²) in [6.45, 7) is 8.25. The highest BCUT2D eigenvalue weighted by atomic mass is 35.5. The molecule has 156 valence electrons. The topological polar surface area (TPSA) is 70.2 Å². The first kappa shape index (κ1) is 22.9. The SMILES string of the molecule is CC(C)(C)CNC(=O)c1ccc(C(=O)NCC2NCCc3ccccc32)cc1.Cl. The molecule has 2 amide bonds. The Morgan fingerprint density at radius 3 is 2.17 bits per heavy atom. The summed E-state index contributed by atoms with van der Waals surface area (Å²) in [5, 5.41) is 9.38. The summed E-state index contributed by atoms with van der Waals surface area (Å²) in [6.07, 6.45) is 1.01. The maximum atomic E-state index is 12.5. The zero-order valence-corrected chi connectivity index (χ0v) is 18.1. The van der Waals surface area contributed by atoms with Gasteiger partial charge in [-0.1, -0.05) is 45.0 Å². The molecule has 2 aromatic carbocycles. The minimum atomic E-state index is -0.133. The zero-order chi connectivity index (χ0) is 20.1. The highest BCUT2D eigenvalue weighted by Gasteiger charge is 2.20. The van der Waals surface area contributed by atoms with E-state index < -0.39 is 0 Å². The van der Waals surface area contributed by atoms with E-state index in [4.69, 9.17) is 0 Å². The van der Waals surface area contributed by atoms with Crippen LogP contribution in [0.25, 0.3) is 0 Å². The second-order valence-corrected chi connectivity index (χ2v) is 8.49. The first-order chi connectivity index (χ1) is 13.3. The second kappa shape index (κ2) is 9.90. The van der Waals surface area contributed by atoms with Gasteiger partial charge in [-0.2, -0.15) is 0 Å². The third kappa shape index (κ3) is 6.31. The van der Waals surface area contributed by atoms with Crippen molar-refractivity contribution >= 4 is 24.2 Å². The van der Waals surface area contributed by atoms with Crippen molar-refractivity contribution in [2.24, 2.45) is 5.41 Å². The summed E-state index contributed by atoms with van der Waals surface area (Å²) in [5.41, 5.74) is 3.73. The molecule has 0 aromatic heterocycles. The number of halogens is 1. The fourth-order valence-corrected chi connectivity index (χ4v) is 3.29. The number of benzene rings is 2. The monoisotopic (exact) mass is 415 g/mol. The van der Waals surface area contributed by atoms with E-state index in [1.165, 1.54) is 11.1 Å². The van der Waals surface area contributed by atoms with Crippen molar-refractivity contribution < 1.29 is 9.59 Å². The number of hydrogen-bond acceptors (Lipinski definition) is 3. The highest BCUT2D eigenvalue weighted by molar-refractivity contribution is 5.97. The van der Waals surface area contributed by atoms with Gasteiger partial charge in [0.25, 0.3) is 11.8 Å². The van der Waals surface area contributed by atoms with Crippen LogP contribution in [-0.4, -0.2) is 31.4 Å². The zero-order valence-electron chi connectivity index (χ0n) is 17.2. The average Bonchev–Trinajstić information content (AvgIpc) is 2.69. The number of fused-ring (bicyclic) bond motifs is 1. The Hall–Kier alpha value is -2.37. The van der Waals surface area contributed by atoms with E-state index in [1.807, 2.05) is 6.07 Å². The molecule has 0 saturated carbocycles. The van der Waals surface area contributed by atoms with E-state index in [1.54, 1.807) is 24.3 Å². The van der Waals surface area contributed by atoms with Gasteiger partial charge >= 0.3 is 0 Å². The first-order valence-corrected chi connectivity index (χ1v) is 9.81. The van der Waals surface area contributed by atoms with Crippen molar-refractivity contribution in [2.75, 3.05) is 19.6 Å². The largest absolute Gasteiger partial charge is 0.352 e. The number of hydrogen-bond donors (Lipinski definition) is 3. The molecule has 1 aliphatic heterocycles. The van der Waals surface area contributed by atoms with Crippen LogP contribution >= 0.6 is 12.4 Å².